The molecule has 0 N–H and O–H groups in total. The molecule has 2 aromatic carbocycles. The van der Waals surface area contributed by atoms with Crippen LogP contribution in [0.2, 0.25) is 0 Å². The molecule has 0 radical (unpaired) electrons. The van der Waals surface area contributed by atoms with Gasteiger partial charge in [-0.25, -0.2) is 4.79 Å². The fourth-order valence-electron chi connectivity index (χ4n) is 4.05. The number of rotatable bonds is 3. The van der Waals surface area contributed by atoms with E-state index in [-0.39, 0.29) is 24.2 Å². The number of imide groups is 1. The van der Waals surface area contributed by atoms with Crippen LogP contribution in [0, 0.1) is 26.7 Å². The number of fused-ring (bicyclic) bond motifs is 1. The predicted molar refractivity (Wildman–Crippen MR) is 107 cm³/mol. The van der Waals surface area contributed by atoms with Gasteiger partial charge in [0, 0.05) is 23.9 Å². The summed E-state index contributed by atoms with van der Waals surface area (Å²) in [4.78, 5) is 38.5. The molecule has 1 saturated heterocycles. The molecule has 1 fully saturated rings. The molecular formula is C23H21NO4. The molecule has 0 aliphatic carbocycles. The number of carbonyl (C=O) groups is 2. The first-order valence-corrected chi connectivity index (χ1v) is 9.30. The van der Waals surface area contributed by atoms with Crippen LogP contribution in [-0.2, 0) is 16.0 Å². The van der Waals surface area contributed by atoms with Crippen molar-refractivity contribution in [3.05, 3.63) is 75.1 Å². The van der Waals surface area contributed by atoms with Crippen molar-refractivity contribution in [2.24, 2.45) is 5.92 Å². The monoisotopic (exact) mass is 375 g/mol. The van der Waals surface area contributed by atoms with Gasteiger partial charge >= 0.3 is 5.63 Å². The van der Waals surface area contributed by atoms with Gasteiger partial charge in [0.1, 0.15) is 5.58 Å². The maximum Gasteiger partial charge on any atom is 0.336 e. The first-order valence-electron chi connectivity index (χ1n) is 9.30. The van der Waals surface area contributed by atoms with E-state index in [2.05, 4.69) is 18.2 Å². The second-order valence-electron chi connectivity index (χ2n) is 7.60. The zero-order chi connectivity index (χ0) is 20.0. The molecule has 3 aromatic rings. The summed E-state index contributed by atoms with van der Waals surface area (Å²) in [7, 11) is 0. The van der Waals surface area contributed by atoms with E-state index < -0.39 is 5.63 Å². The highest BCUT2D eigenvalue weighted by atomic mass is 16.4. The SMILES string of the molecule is Cc1cc(C)cc(CC2CC(=O)N(c3ccc4c(C)cc(=O)oc4c3)C2=O)c1. The van der Waals surface area contributed by atoms with E-state index in [9.17, 15) is 14.4 Å². The van der Waals surface area contributed by atoms with Crippen LogP contribution in [-0.4, -0.2) is 11.8 Å². The van der Waals surface area contributed by atoms with Gasteiger partial charge in [-0.3, -0.25) is 14.5 Å². The maximum absolute atomic E-state index is 13.0. The third-order valence-corrected chi connectivity index (χ3v) is 5.20. The van der Waals surface area contributed by atoms with Crippen molar-refractivity contribution in [1.82, 2.24) is 0 Å². The average Bonchev–Trinajstić information content (AvgIpc) is 2.86. The van der Waals surface area contributed by atoms with Crippen LogP contribution in [0.15, 0.2) is 51.7 Å². The molecule has 0 spiro atoms. The van der Waals surface area contributed by atoms with Gasteiger partial charge in [-0.1, -0.05) is 29.3 Å². The van der Waals surface area contributed by atoms with Gasteiger partial charge < -0.3 is 4.42 Å². The fourth-order valence-corrected chi connectivity index (χ4v) is 4.05. The Kier molecular flexibility index (Phi) is 4.38. The zero-order valence-electron chi connectivity index (χ0n) is 16.1. The number of hydrogen-bond acceptors (Lipinski definition) is 4. The van der Waals surface area contributed by atoms with Crippen LogP contribution in [0.25, 0.3) is 11.0 Å². The highest BCUT2D eigenvalue weighted by molar-refractivity contribution is 6.21. The number of carbonyl (C=O) groups excluding carboxylic acids is 2. The molecule has 0 saturated carbocycles. The minimum atomic E-state index is -0.450. The summed E-state index contributed by atoms with van der Waals surface area (Å²) in [6.45, 7) is 5.87. The molecule has 1 aliphatic rings. The van der Waals surface area contributed by atoms with Crippen molar-refractivity contribution in [2.45, 2.75) is 33.6 Å². The van der Waals surface area contributed by atoms with Crippen molar-refractivity contribution in [2.75, 3.05) is 4.90 Å². The normalized spacial score (nSPS) is 17.0. The summed E-state index contributed by atoms with van der Waals surface area (Å²) in [5, 5.41) is 0.786. The van der Waals surface area contributed by atoms with Crippen molar-refractivity contribution in [3.8, 4) is 0 Å². The summed E-state index contributed by atoms with van der Waals surface area (Å²) in [6.07, 6.45) is 0.715. The second kappa shape index (κ2) is 6.75. The first kappa shape index (κ1) is 18.2. The number of anilines is 1. The number of amides is 2. The summed E-state index contributed by atoms with van der Waals surface area (Å²) in [5.41, 5.74) is 4.51. The van der Waals surface area contributed by atoms with Crippen LogP contribution < -0.4 is 10.5 Å². The van der Waals surface area contributed by atoms with Crippen LogP contribution in [0.1, 0.15) is 28.7 Å². The molecule has 5 heteroatoms. The summed E-state index contributed by atoms with van der Waals surface area (Å²) < 4.78 is 5.26. The van der Waals surface area contributed by atoms with E-state index in [1.807, 2.05) is 20.8 Å². The third-order valence-electron chi connectivity index (χ3n) is 5.20. The fraction of sp³-hybridized carbons (Fsp3) is 0.261. The van der Waals surface area contributed by atoms with Gasteiger partial charge in [0.2, 0.25) is 11.8 Å². The number of benzene rings is 2. The summed E-state index contributed by atoms with van der Waals surface area (Å²) in [6, 6.07) is 12.7. The van der Waals surface area contributed by atoms with E-state index in [1.165, 1.54) is 11.0 Å². The van der Waals surface area contributed by atoms with E-state index in [0.717, 1.165) is 27.6 Å². The molecule has 1 aliphatic heterocycles. The molecule has 5 nitrogen and oxygen atoms in total. The van der Waals surface area contributed by atoms with E-state index in [4.69, 9.17) is 4.42 Å². The Morgan fingerprint density at radius 3 is 2.39 bits per heavy atom. The maximum atomic E-state index is 13.0. The van der Waals surface area contributed by atoms with Crippen LogP contribution in [0.4, 0.5) is 5.69 Å². The zero-order valence-corrected chi connectivity index (χ0v) is 16.1. The number of nitrogens with zero attached hydrogens (tertiary/aromatic N) is 1. The van der Waals surface area contributed by atoms with Gasteiger partial charge in [-0.15, -0.1) is 0 Å². The van der Waals surface area contributed by atoms with Crippen molar-refractivity contribution in [3.63, 3.8) is 0 Å². The molecule has 1 aromatic heterocycles. The lowest BCUT2D eigenvalue weighted by Gasteiger charge is -2.16. The molecule has 4 rings (SSSR count). The number of hydrogen-bond donors (Lipinski definition) is 0. The molecule has 1 atom stereocenters. The Bertz CT molecular complexity index is 1150. The van der Waals surface area contributed by atoms with Gasteiger partial charge in [-0.2, -0.15) is 0 Å². The van der Waals surface area contributed by atoms with Crippen LogP contribution in [0.5, 0.6) is 0 Å². The Hall–Kier alpha value is -3.21. The molecular weight excluding hydrogens is 354 g/mol. The van der Waals surface area contributed by atoms with Crippen molar-refractivity contribution >= 4 is 28.5 Å². The standard InChI is InChI=1S/C23H21NO4/c1-13-6-14(2)8-16(7-13)10-17-11-21(25)24(23(17)27)18-4-5-19-15(3)9-22(26)28-20(19)12-18/h4-9,12,17H,10-11H2,1-3H3. The smallest absolute Gasteiger partial charge is 0.336 e. The van der Waals surface area contributed by atoms with Gasteiger partial charge in [0.25, 0.3) is 0 Å². The summed E-state index contributed by atoms with van der Waals surface area (Å²) >= 11 is 0. The largest absolute Gasteiger partial charge is 0.423 e. The minimum Gasteiger partial charge on any atom is -0.423 e. The topological polar surface area (TPSA) is 67.6 Å². The first-order chi connectivity index (χ1) is 13.3. The predicted octanol–water partition coefficient (Wildman–Crippen LogP) is 3.84. The minimum absolute atomic E-state index is 0.182. The van der Waals surface area contributed by atoms with Crippen molar-refractivity contribution < 1.29 is 14.0 Å². The lowest BCUT2D eigenvalue weighted by Crippen LogP contribution is -2.30. The molecule has 1 unspecified atom stereocenters. The molecule has 2 heterocycles. The number of aryl methyl sites for hydroxylation is 3. The van der Waals surface area contributed by atoms with Crippen LogP contribution in [0.3, 0.4) is 0 Å². The highest BCUT2D eigenvalue weighted by Gasteiger charge is 2.39. The summed E-state index contributed by atoms with van der Waals surface area (Å²) in [5.74, 6) is -0.818. The third kappa shape index (κ3) is 3.24. The lowest BCUT2D eigenvalue weighted by atomic mass is 9.95. The van der Waals surface area contributed by atoms with E-state index in [0.29, 0.717) is 17.7 Å². The Balaban J connectivity index is 1.65. The van der Waals surface area contributed by atoms with Crippen molar-refractivity contribution in [1.29, 1.82) is 0 Å². The van der Waals surface area contributed by atoms with E-state index >= 15 is 0 Å². The second-order valence-corrected chi connectivity index (χ2v) is 7.60. The highest BCUT2D eigenvalue weighted by Crippen LogP contribution is 2.31. The van der Waals surface area contributed by atoms with Gasteiger partial charge in [0.15, 0.2) is 0 Å². The van der Waals surface area contributed by atoms with Gasteiger partial charge in [-0.05, 0) is 50.5 Å². The molecule has 2 amide bonds. The Morgan fingerprint density at radius 1 is 0.964 bits per heavy atom. The van der Waals surface area contributed by atoms with Gasteiger partial charge in [0.05, 0.1) is 11.6 Å². The lowest BCUT2D eigenvalue weighted by molar-refractivity contribution is -0.122. The Morgan fingerprint density at radius 2 is 1.68 bits per heavy atom. The quantitative estimate of drug-likeness (QED) is 0.515. The molecule has 142 valence electrons. The molecule has 0 bridgehead atoms. The van der Waals surface area contributed by atoms with E-state index in [1.54, 1.807) is 18.2 Å². The van der Waals surface area contributed by atoms with Crippen LogP contribution >= 0.6 is 0 Å². The molecule has 28 heavy (non-hydrogen) atoms. The average molecular weight is 375 g/mol. The Labute approximate surface area is 162 Å².